The Morgan fingerprint density at radius 3 is 2.44 bits per heavy atom. The second-order valence-corrected chi connectivity index (χ2v) is 7.57. The predicted molar refractivity (Wildman–Crippen MR) is 115 cm³/mol. The number of esters is 1. The number of halogens is 1. The molecular formula is C19H19ClN2O3S2. The lowest BCUT2D eigenvalue weighted by atomic mass is 10.0. The number of benzene rings is 2. The number of thioether (sulfide) groups is 2. The van der Waals surface area contributed by atoms with Crippen LogP contribution in [0.15, 0.2) is 58.7 Å². The van der Waals surface area contributed by atoms with Gasteiger partial charge in [-0.15, -0.1) is 11.8 Å². The molecule has 0 spiro atoms. The van der Waals surface area contributed by atoms with Gasteiger partial charge < -0.3 is 9.57 Å². The smallest absolute Gasteiger partial charge is 0.360 e. The second kappa shape index (κ2) is 11.0. The van der Waals surface area contributed by atoms with Gasteiger partial charge in [-0.3, -0.25) is 0 Å². The minimum Gasteiger partial charge on any atom is -0.464 e. The number of aliphatic imine (C=N–C) groups is 1. The Morgan fingerprint density at radius 1 is 1.11 bits per heavy atom. The molecule has 0 saturated carbocycles. The van der Waals surface area contributed by atoms with Gasteiger partial charge in [0.1, 0.15) is 11.5 Å². The third-order valence-corrected chi connectivity index (χ3v) is 5.75. The maximum atomic E-state index is 12.0. The number of carbonyl (C=O) groups excluding carboxylic acids is 1. The number of hydrogen-bond donors (Lipinski definition) is 0. The summed E-state index contributed by atoms with van der Waals surface area (Å²) in [4.78, 5) is 21.5. The standard InChI is InChI=1S/C19H19ClN2O3S2/c1-24-18(23)17(22-25-2)16-7-5-4-6-13(16)12-27-19(26-3)21-15-10-8-14(20)9-11-15/h4-11H,12H2,1-3H3. The zero-order valence-electron chi connectivity index (χ0n) is 15.1. The van der Waals surface area contributed by atoms with Crippen molar-refractivity contribution in [3.63, 3.8) is 0 Å². The topological polar surface area (TPSA) is 60.2 Å². The molecule has 0 fully saturated rings. The number of ether oxygens (including phenoxy) is 1. The van der Waals surface area contributed by atoms with Crippen LogP contribution in [0.1, 0.15) is 11.1 Å². The van der Waals surface area contributed by atoms with Crippen molar-refractivity contribution < 1.29 is 14.4 Å². The molecular weight excluding hydrogens is 404 g/mol. The van der Waals surface area contributed by atoms with E-state index in [1.165, 1.54) is 14.2 Å². The van der Waals surface area contributed by atoms with Crippen LogP contribution in [0.5, 0.6) is 0 Å². The molecule has 0 radical (unpaired) electrons. The molecule has 27 heavy (non-hydrogen) atoms. The molecule has 0 aliphatic carbocycles. The SMILES string of the molecule is CON=C(C(=O)OC)c1ccccc1CSC(=Nc1ccc(Cl)cc1)SC. The number of methoxy groups -OCH3 is 1. The largest absolute Gasteiger partial charge is 0.464 e. The van der Waals surface area contributed by atoms with E-state index in [9.17, 15) is 4.79 Å². The molecule has 0 unspecified atom stereocenters. The molecule has 2 rings (SSSR count). The highest BCUT2D eigenvalue weighted by Gasteiger charge is 2.19. The van der Waals surface area contributed by atoms with Gasteiger partial charge in [-0.1, -0.05) is 52.8 Å². The fraction of sp³-hybridized carbons (Fsp3) is 0.211. The van der Waals surface area contributed by atoms with E-state index >= 15 is 0 Å². The Hall–Kier alpha value is -1.96. The van der Waals surface area contributed by atoms with Crippen molar-refractivity contribution >= 4 is 56.9 Å². The summed E-state index contributed by atoms with van der Waals surface area (Å²) in [7, 11) is 2.71. The van der Waals surface area contributed by atoms with Gasteiger partial charge in [-0.05, 0) is 36.1 Å². The first-order valence-electron chi connectivity index (χ1n) is 7.87. The van der Waals surface area contributed by atoms with E-state index < -0.39 is 5.97 Å². The Bertz CT molecular complexity index is 839. The monoisotopic (exact) mass is 422 g/mol. The highest BCUT2D eigenvalue weighted by atomic mass is 35.5. The molecule has 142 valence electrons. The van der Waals surface area contributed by atoms with Crippen LogP contribution in [0.25, 0.3) is 0 Å². The summed E-state index contributed by atoms with van der Waals surface area (Å²) in [6, 6.07) is 14.9. The minimum atomic E-state index is -0.547. The summed E-state index contributed by atoms with van der Waals surface area (Å²) < 4.78 is 5.71. The van der Waals surface area contributed by atoms with Crippen molar-refractivity contribution in [2.45, 2.75) is 5.75 Å². The maximum absolute atomic E-state index is 12.0. The van der Waals surface area contributed by atoms with Crippen LogP contribution in [0, 0.1) is 0 Å². The first-order chi connectivity index (χ1) is 13.1. The number of carbonyl (C=O) groups is 1. The van der Waals surface area contributed by atoms with Crippen LogP contribution >= 0.6 is 35.1 Å². The molecule has 0 heterocycles. The van der Waals surface area contributed by atoms with E-state index in [4.69, 9.17) is 21.2 Å². The first-order valence-corrected chi connectivity index (χ1v) is 10.5. The normalized spacial score (nSPS) is 12.0. The van der Waals surface area contributed by atoms with Gasteiger partial charge in [0.2, 0.25) is 0 Å². The molecule has 0 amide bonds. The van der Waals surface area contributed by atoms with E-state index in [0.717, 1.165) is 15.6 Å². The van der Waals surface area contributed by atoms with E-state index in [1.54, 1.807) is 23.5 Å². The van der Waals surface area contributed by atoms with Crippen LogP contribution in [0.4, 0.5) is 5.69 Å². The molecule has 2 aromatic carbocycles. The average molecular weight is 423 g/mol. The summed E-state index contributed by atoms with van der Waals surface area (Å²) in [5.41, 5.74) is 2.57. The first kappa shape index (κ1) is 21.3. The van der Waals surface area contributed by atoms with Gasteiger partial charge in [0.25, 0.3) is 0 Å². The molecule has 0 bridgehead atoms. The number of nitrogens with zero attached hydrogens (tertiary/aromatic N) is 2. The Kier molecular flexibility index (Phi) is 8.71. The number of hydrogen-bond acceptors (Lipinski definition) is 7. The quantitative estimate of drug-likeness (QED) is 0.279. The van der Waals surface area contributed by atoms with Crippen molar-refractivity contribution in [1.82, 2.24) is 0 Å². The third-order valence-electron chi connectivity index (χ3n) is 3.41. The van der Waals surface area contributed by atoms with Crippen LogP contribution in [0.3, 0.4) is 0 Å². The van der Waals surface area contributed by atoms with E-state index in [-0.39, 0.29) is 5.71 Å². The van der Waals surface area contributed by atoms with Crippen LogP contribution in [0.2, 0.25) is 5.02 Å². The summed E-state index contributed by atoms with van der Waals surface area (Å²) >= 11 is 9.05. The minimum absolute atomic E-state index is 0.136. The van der Waals surface area contributed by atoms with Gasteiger partial charge in [0.05, 0.1) is 12.8 Å². The van der Waals surface area contributed by atoms with Crippen molar-refractivity contribution in [2.24, 2.45) is 10.1 Å². The van der Waals surface area contributed by atoms with Gasteiger partial charge in [-0.2, -0.15) is 0 Å². The van der Waals surface area contributed by atoms with Crippen molar-refractivity contribution in [2.75, 3.05) is 20.5 Å². The van der Waals surface area contributed by atoms with Crippen molar-refractivity contribution in [3.05, 3.63) is 64.7 Å². The Labute approximate surface area is 172 Å². The lowest BCUT2D eigenvalue weighted by Crippen LogP contribution is -2.19. The summed E-state index contributed by atoms with van der Waals surface area (Å²) in [6.45, 7) is 0. The number of rotatable bonds is 6. The molecule has 0 aliphatic heterocycles. The second-order valence-electron chi connectivity index (χ2n) is 5.12. The molecule has 2 aromatic rings. The van der Waals surface area contributed by atoms with E-state index in [1.807, 2.05) is 54.8 Å². The van der Waals surface area contributed by atoms with Crippen LogP contribution in [-0.4, -0.2) is 36.5 Å². The molecule has 0 aromatic heterocycles. The lowest BCUT2D eigenvalue weighted by Gasteiger charge is -2.10. The molecule has 0 N–H and O–H groups in total. The van der Waals surface area contributed by atoms with Crippen LogP contribution in [-0.2, 0) is 20.1 Å². The van der Waals surface area contributed by atoms with Gasteiger partial charge >= 0.3 is 5.97 Å². The van der Waals surface area contributed by atoms with E-state index in [2.05, 4.69) is 10.1 Å². The predicted octanol–water partition coefficient (Wildman–Crippen LogP) is 5.15. The maximum Gasteiger partial charge on any atom is 0.360 e. The van der Waals surface area contributed by atoms with E-state index in [0.29, 0.717) is 16.3 Å². The average Bonchev–Trinajstić information content (AvgIpc) is 2.70. The Balaban J connectivity index is 2.23. The molecule has 0 atom stereocenters. The lowest BCUT2D eigenvalue weighted by molar-refractivity contribution is -0.132. The Morgan fingerprint density at radius 2 is 1.81 bits per heavy atom. The fourth-order valence-corrected chi connectivity index (χ4v) is 3.83. The summed E-state index contributed by atoms with van der Waals surface area (Å²) in [6.07, 6.45) is 1.97. The highest BCUT2D eigenvalue weighted by molar-refractivity contribution is 8.38. The third kappa shape index (κ3) is 6.30. The van der Waals surface area contributed by atoms with Crippen LogP contribution < -0.4 is 0 Å². The molecule has 0 saturated heterocycles. The summed E-state index contributed by atoms with van der Waals surface area (Å²) in [5.74, 6) is 0.0672. The molecule has 5 nitrogen and oxygen atoms in total. The van der Waals surface area contributed by atoms with Gasteiger partial charge in [0.15, 0.2) is 5.71 Å². The zero-order chi connectivity index (χ0) is 19.6. The summed E-state index contributed by atoms with van der Waals surface area (Å²) in [5, 5.41) is 4.51. The van der Waals surface area contributed by atoms with Gasteiger partial charge in [0, 0.05) is 16.3 Å². The highest BCUT2D eigenvalue weighted by Crippen LogP contribution is 2.26. The van der Waals surface area contributed by atoms with Gasteiger partial charge in [-0.25, -0.2) is 9.79 Å². The molecule has 0 aliphatic rings. The number of oxime groups is 1. The van der Waals surface area contributed by atoms with Crippen molar-refractivity contribution in [3.8, 4) is 0 Å². The fourth-order valence-electron chi connectivity index (χ4n) is 2.16. The molecule has 8 heteroatoms. The van der Waals surface area contributed by atoms with Crippen molar-refractivity contribution in [1.29, 1.82) is 0 Å². The zero-order valence-corrected chi connectivity index (χ0v) is 17.5.